The zero-order valence-corrected chi connectivity index (χ0v) is 51.0. The standard InChI is InChI=1S/C70H128O6/c1-4-7-10-13-16-19-22-25-28-30-32-33-34-35-36-37-39-40-42-45-48-51-54-57-60-63-69(72)75-66-67(65-74-68(71)62-59-56-53-50-47-44-27-24-21-18-15-12-9-6-3)76-70(73)64-61-58-55-52-49-46-43-41-38-31-29-26-23-20-17-14-11-8-5-2/h22,25-26,29-30,32,34-35,67H,4-21,23-24,27-28,31,33,36-66H2,1-3H3/b25-22-,29-26-,32-30-,35-34-. The van der Waals surface area contributed by atoms with Crippen LogP contribution in [-0.2, 0) is 28.6 Å². The zero-order chi connectivity index (χ0) is 55.0. The Kier molecular flexibility index (Phi) is 62.6. The molecule has 6 nitrogen and oxygen atoms in total. The number of hydrogen-bond acceptors (Lipinski definition) is 6. The Bertz CT molecular complexity index is 1310. The van der Waals surface area contributed by atoms with Crippen molar-refractivity contribution in [3.8, 4) is 0 Å². The smallest absolute Gasteiger partial charge is 0.306 e. The van der Waals surface area contributed by atoms with E-state index in [4.69, 9.17) is 14.2 Å². The van der Waals surface area contributed by atoms with Crippen LogP contribution in [0, 0.1) is 0 Å². The van der Waals surface area contributed by atoms with Gasteiger partial charge in [0.25, 0.3) is 0 Å². The Morgan fingerprint density at radius 3 is 0.750 bits per heavy atom. The fraction of sp³-hybridized carbons (Fsp3) is 0.843. The zero-order valence-electron chi connectivity index (χ0n) is 51.0. The maximum atomic E-state index is 12.9. The third-order valence-corrected chi connectivity index (χ3v) is 15.1. The second-order valence-corrected chi connectivity index (χ2v) is 22.7. The quantitative estimate of drug-likeness (QED) is 0.0261. The molecule has 1 unspecified atom stereocenters. The number of allylic oxidation sites excluding steroid dienone is 8. The second kappa shape index (κ2) is 64.9. The number of carbonyl (C=O) groups is 3. The van der Waals surface area contributed by atoms with Gasteiger partial charge >= 0.3 is 17.9 Å². The number of unbranched alkanes of at least 4 members (excludes halogenated alkanes) is 43. The van der Waals surface area contributed by atoms with E-state index >= 15 is 0 Å². The Balaban J connectivity index is 4.29. The largest absolute Gasteiger partial charge is 0.462 e. The topological polar surface area (TPSA) is 78.9 Å². The number of ether oxygens (including phenoxy) is 3. The van der Waals surface area contributed by atoms with Crippen molar-refractivity contribution in [3.63, 3.8) is 0 Å². The highest BCUT2D eigenvalue weighted by atomic mass is 16.6. The van der Waals surface area contributed by atoms with Crippen LogP contribution in [0.2, 0.25) is 0 Å². The Hall–Kier alpha value is -2.63. The molecule has 0 saturated heterocycles. The molecule has 76 heavy (non-hydrogen) atoms. The van der Waals surface area contributed by atoms with Gasteiger partial charge in [0.05, 0.1) is 0 Å². The van der Waals surface area contributed by atoms with E-state index in [9.17, 15) is 14.4 Å². The van der Waals surface area contributed by atoms with E-state index in [-0.39, 0.29) is 31.1 Å². The van der Waals surface area contributed by atoms with Gasteiger partial charge in [0.2, 0.25) is 0 Å². The summed E-state index contributed by atoms with van der Waals surface area (Å²) in [5, 5.41) is 0. The van der Waals surface area contributed by atoms with E-state index in [0.29, 0.717) is 19.3 Å². The van der Waals surface area contributed by atoms with Crippen LogP contribution in [0.1, 0.15) is 361 Å². The van der Waals surface area contributed by atoms with Gasteiger partial charge in [-0.25, -0.2) is 0 Å². The van der Waals surface area contributed by atoms with Crippen LogP contribution in [0.5, 0.6) is 0 Å². The van der Waals surface area contributed by atoms with Gasteiger partial charge in [-0.2, -0.15) is 0 Å². The first-order valence-corrected chi connectivity index (χ1v) is 33.6. The van der Waals surface area contributed by atoms with Gasteiger partial charge in [0.1, 0.15) is 13.2 Å². The lowest BCUT2D eigenvalue weighted by atomic mass is 10.0. The average Bonchev–Trinajstić information content (AvgIpc) is 3.42. The Morgan fingerprint density at radius 2 is 0.474 bits per heavy atom. The van der Waals surface area contributed by atoms with E-state index < -0.39 is 6.10 Å². The minimum Gasteiger partial charge on any atom is -0.462 e. The molecule has 0 aromatic rings. The van der Waals surface area contributed by atoms with Crippen molar-refractivity contribution < 1.29 is 28.6 Å². The summed E-state index contributed by atoms with van der Waals surface area (Å²) in [4.78, 5) is 38.4. The summed E-state index contributed by atoms with van der Waals surface area (Å²) < 4.78 is 17.0. The van der Waals surface area contributed by atoms with Crippen LogP contribution in [0.4, 0.5) is 0 Å². The molecule has 6 heteroatoms. The van der Waals surface area contributed by atoms with Gasteiger partial charge < -0.3 is 14.2 Å². The predicted octanol–water partition coefficient (Wildman–Crippen LogP) is 22.9. The van der Waals surface area contributed by atoms with Crippen molar-refractivity contribution in [1.29, 1.82) is 0 Å². The molecule has 0 aliphatic carbocycles. The summed E-state index contributed by atoms with van der Waals surface area (Å²) in [5.41, 5.74) is 0. The third-order valence-electron chi connectivity index (χ3n) is 15.1. The summed E-state index contributed by atoms with van der Waals surface area (Å²) in [6.07, 6.45) is 81.2. The lowest BCUT2D eigenvalue weighted by molar-refractivity contribution is -0.167. The highest BCUT2D eigenvalue weighted by Gasteiger charge is 2.19. The minimum atomic E-state index is -0.774. The van der Waals surface area contributed by atoms with Crippen molar-refractivity contribution in [2.75, 3.05) is 13.2 Å². The molecule has 0 bridgehead atoms. The van der Waals surface area contributed by atoms with Crippen molar-refractivity contribution in [1.82, 2.24) is 0 Å². The second-order valence-electron chi connectivity index (χ2n) is 22.7. The molecule has 0 heterocycles. The van der Waals surface area contributed by atoms with Crippen LogP contribution >= 0.6 is 0 Å². The maximum absolute atomic E-state index is 12.9. The molecule has 0 amide bonds. The molecule has 1 atom stereocenters. The van der Waals surface area contributed by atoms with Gasteiger partial charge in [-0.15, -0.1) is 0 Å². The molecular formula is C70H128O6. The molecule has 0 fully saturated rings. The highest BCUT2D eigenvalue weighted by Crippen LogP contribution is 2.17. The van der Waals surface area contributed by atoms with E-state index in [1.807, 2.05) is 0 Å². The van der Waals surface area contributed by atoms with Crippen molar-refractivity contribution >= 4 is 17.9 Å². The van der Waals surface area contributed by atoms with E-state index in [1.165, 1.54) is 250 Å². The Labute approximate surface area is 473 Å². The van der Waals surface area contributed by atoms with Gasteiger partial charge in [-0.3, -0.25) is 14.4 Å². The van der Waals surface area contributed by atoms with E-state index in [1.54, 1.807) is 0 Å². The maximum Gasteiger partial charge on any atom is 0.306 e. The van der Waals surface area contributed by atoms with Crippen molar-refractivity contribution in [2.24, 2.45) is 0 Å². The fourth-order valence-electron chi connectivity index (χ4n) is 9.98. The monoisotopic (exact) mass is 1060 g/mol. The first-order valence-electron chi connectivity index (χ1n) is 33.6. The van der Waals surface area contributed by atoms with Crippen LogP contribution in [0.3, 0.4) is 0 Å². The number of esters is 3. The average molecular weight is 1070 g/mol. The first kappa shape index (κ1) is 73.4. The summed E-state index contributed by atoms with van der Waals surface area (Å²) in [6, 6.07) is 0. The number of rotatable bonds is 62. The van der Waals surface area contributed by atoms with E-state index in [2.05, 4.69) is 69.4 Å². The molecule has 444 valence electrons. The summed E-state index contributed by atoms with van der Waals surface area (Å²) in [6.45, 7) is 6.68. The SMILES string of the molecule is CCCCCCC/C=C\C/C=C\C/C=C\CCCCCCCCCCCCC(=O)OCC(COC(=O)CCCCCCCCCCCCCCCC)OC(=O)CCCCCCCCCCC/C=C\CCCCCCCC. The molecule has 0 aromatic carbocycles. The summed E-state index contributed by atoms with van der Waals surface area (Å²) in [7, 11) is 0. The van der Waals surface area contributed by atoms with Crippen LogP contribution in [0.15, 0.2) is 48.6 Å². The van der Waals surface area contributed by atoms with Gasteiger partial charge in [0.15, 0.2) is 6.10 Å². The van der Waals surface area contributed by atoms with Gasteiger partial charge in [-0.05, 0) is 83.5 Å². The predicted molar refractivity (Wildman–Crippen MR) is 330 cm³/mol. The van der Waals surface area contributed by atoms with Crippen molar-refractivity contribution in [3.05, 3.63) is 48.6 Å². The summed E-state index contributed by atoms with van der Waals surface area (Å²) >= 11 is 0. The first-order chi connectivity index (χ1) is 37.5. The fourth-order valence-corrected chi connectivity index (χ4v) is 9.98. The summed E-state index contributed by atoms with van der Waals surface area (Å²) in [5.74, 6) is -0.854. The molecule has 0 aliphatic rings. The number of carbonyl (C=O) groups excluding carboxylic acids is 3. The molecule has 0 saturated carbocycles. The van der Waals surface area contributed by atoms with Crippen LogP contribution in [0.25, 0.3) is 0 Å². The molecule has 0 N–H and O–H groups in total. The highest BCUT2D eigenvalue weighted by molar-refractivity contribution is 5.71. The molecule has 0 aliphatic heterocycles. The number of hydrogen-bond donors (Lipinski definition) is 0. The lowest BCUT2D eigenvalue weighted by Crippen LogP contribution is -2.30. The van der Waals surface area contributed by atoms with Gasteiger partial charge in [-0.1, -0.05) is 307 Å². The molecule has 0 spiro atoms. The van der Waals surface area contributed by atoms with Crippen LogP contribution < -0.4 is 0 Å². The molecule has 0 rings (SSSR count). The third kappa shape index (κ3) is 62.2. The molecular weight excluding hydrogens is 937 g/mol. The van der Waals surface area contributed by atoms with E-state index in [0.717, 1.165) is 70.6 Å². The normalized spacial score (nSPS) is 12.3. The molecule has 0 aromatic heterocycles. The molecule has 0 radical (unpaired) electrons. The van der Waals surface area contributed by atoms with Crippen LogP contribution in [-0.4, -0.2) is 37.2 Å². The van der Waals surface area contributed by atoms with Gasteiger partial charge in [0, 0.05) is 19.3 Å². The lowest BCUT2D eigenvalue weighted by Gasteiger charge is -2.18. The Morgan fingerprint density at radius 1 is 0.263 bits per heavy atom. The van der Waals surface area contributed by atoms with Crippen molar-refractivity contribution in [2.45, 2.75) is 367 Å². The minimum absolute atomic E-state index is 0.0708.